The highest BCUT2D eigenvalue weighted by Gasteiger charge is 2.21. The van der Waals surface area contributed by atoms with Crippen molar-refractivity contribution in [1.29, 1.82) is 0 Å². The molecule has 2 atom stereocenters. The average molecular weight is 633 g/mol. The van der Waals surface area contributed by atoms with Crippen LogP contribution in [-0.2, 0) is 22.1 Å². The highest BCUT2D eigenvalue weighted by molar-refractivity contribution is 14.1. The van der Waals surface area contributed by atoms with Gasteiger partial charge in [-0.05, 0) is 103 Å². The van der Waals surface area contributed by atoms with E-state index < -0.39 is 22.1 Å². The zero-order valence-corrected chi connectivity index (χ0v) is 20.1. The first kappa shape index (κ1) is 20.4. The summed E-state index contributed by atoms with van der Waals surface area (Å²) in [6, 6.07) is 18.9. The molecule has 0 aromatic heterocycles. The van der Waals surface area contributed by atoms with Crippen molar-refractivity contribution < 1.29 is 13.0 Å². The molecule has 0 amide bonds. The molecule has 28 heavy (non-hydrogen) atoms. The molecule has 0 spiro atoms. The second kappa shape index (κ2) is 8.07. The van der Waals surface area contributed by atoms with Crippen molar-refractivity contribution in [2.45, 2.75) is 9.79 Å². The lowest BCUT2D eigenvalue weighted by atomic mass is 9.94. The molecule has 2 unspecified atom stereocenters. The van der Waals surface area contributed by atoms with Gasteiger partial charge in [0.2, 0.25) is 0 Å². The Labute approximate surface area is 194 Å². The van der Waals surface area contributed by atoms with Gasteiger partial charge in [0.05, 0.1) is 9.79 Å². The van der Waals surface area contributed by atoms with Gasteiger partial charge in [-0.3, -0.25) is 0 Å². The minimum atomic E-state index is -2.21. The molecular formula is C20H13I2NO3S2. The van der Waals surface area contributed by atoms with Crippen LogP contribution >= 0.6 is 45.2 Å². The topological polar surface area (TPSA) is 80.4 Å². The van der Waals surface area contributed by atoms with Gasteiger partial charge in [-0.1, -0.05) is 24.3 Å². The van der Waals surface area contributed by atoms with E-state index in [0.29, 0.717) is 16.0 Å². The van der Waals surface area contributed by atoms with Crippen LogP contribution in [0.3, 0.4) is 0 Å². The maximum atomic E-state index is 12.4. The fourth-order valence-electron chi connectivity index (χ4n) is 3.39. The molecule has 4 nitrogen and oxygen atoms in total. The number of benzene rings is 4. The molecule has 3 N–H and O–H groups in total. The van der Waals surface area contributed by atoms with Gasteiger partial charge in [0, 0.05) is 18.3 Å². The van der Waals surface area contributed by atoms with Crippen molar-refractivity contribution in [2.75, 3.05) is 0 Å². The number of hydrogen-bond acceptors (Lipinski definition) is 2. The van der Waals surface area contributed by atoms with Crippen molar-refractivity contribution in [3.63, 3.8) is 0 Å². The van der Waals surface area contributed by atoms with E-state index in [0.717, 1.165) is 28.7 Å². The predicted molar refractivity (Wildman–Crippen MR) is 132 cm³/mol. The zero-order valence-electron chi connectivity index (χ0n) is 14.2. The first-order valence-electron chi connectivity index (χ1n) is 8.09. The second-order valence-corrected chi connectivity index (χ2v) is 10.6. The molecule has 0 bridgehead atoms. The minimum Gasteiger partial charge on any atom is -0.302 e. The summed E-state index contributed by atoms with van der Waals surface area (Å²) >= 11 is 2.26. The van der Waals surface area contributed by atoms with Crippen LogP contribution in [0.4, 0.5) is 0 Å². The molecule has 4 rings (SSSR count). The van der Waals surface area contributed by atoms with E-state index in [2.05, 4.69) is 45.2 Å². The summed E-state index contributed by atoms with van der Waals surface area (Å²) in [7, 11) is -1.76. The maximum Gasteiger partial charge on any atom is 0.187 e. The zero-order chi connectivity index (χ0) is 20.0. The first-order valence-corrected chi connectivity index (χ1v) is 12.6. The van der Waals surface area contributed by atoms with Crippen LogP contribution in [0.25, 0.3) is 32.7 Å². The summed E-state index contributed by atoms with van der Waals surface area (Å²) in [6.07, 6.45) is 0. The molecule has 4 aromatic rings. The fraction of sp³-hybridized carbons (Fsp3) is 0. The Morgan fingerprint density at radius 3 is 1.64 bits per heavy atom. The summed E-state index contributed by atoms with van der Waals surface area (Å²) in [6.45, 7) is 0. The molecule has 0 aliphatic rings. The van der Waals surface area contributed by atoms with Gasteiger partial charge in [0.1, 0.15) is 11.0 Å². The van der Waals surface area contributed by atoms with Crippen LogP contribution in [0, 0.1) is 7.14 Å². The van der Waals surface area contributed by atoms with Crippen molar-refractivity contribution in [1.82, 2.24) is 0 Å². The number of hydrogen-bond donors (Lipinski definition) is 2. The van der Waals surface area contributed by atoms with E-state index in [-0.39, 0.29) is 4.90 Å². The summed E-state index contributed by atoms with van der Waals surface area (Å²) in [5.74, 6) is 0. The molecule has 0 radical (unpaired) electrons. The van der Waals surface area contributed by atoms with Crippen LogP contribution in [-0.4, -0.2) is 13.0 Å². The van der Waals surface area contributed by atoms with Crippen LogP contribution in [0.2, 0.25) is 0 Å². The monoisotopic (exact) mass is 633 g/mol. The molecule has 142 valence electrons. The predicted octanol–water partition coefficient (Wildman–Crippen LogP) is 5.43. The second-order valence-electron chi connectivity index (χ2n) is 6.15. The average Bonchev–Trinajstić information content (AvgIpc) is 2.65. The molecule has 0 aliphatic heterocycles. The molecule has 4 aromatic carbocycles. The van der Waals surface area contributed by atoms with Crippen LogP contribution in [0.5, 0.6) is 0 Å². The number of halogens is 2. The van der Waals surface area contributed by atoms with E-state index in [1.54, 1.807) is 12.1 Å². The first-order chi connectivity index (χ1) is 13.4. The molecule has 0 saturated carbocycles. The highest BCUT2D eigenvalue weighted by Crippen LogP contribution is 2.41. The minimum absolute atomic E-state index is 0.270. The number of rotatable bonds is 3. The van der Waals surface area contributed by atoms with Crippen molar-refractivity contribution in [2.24, 2.45) is 5.14 Å². The van der Waals surface area contributed by atoms with E-state index in [1.807, 2.05) is 48.5 Å². The molecule has 8 heteroatoms. The van der Waals surface area contributed by atoms with Crippen molar-refractivity contribution in [3.8, 4) is 11.1 Å². The third-order valence-electron chi connectivity index (χ3n) is 4.54. The van der Waals surface area contributed by atoms with E-state index in [4.69, 9.17) is 5.14 Å². The maximum absolute atomic E-state index is 12.4. The van der Waals surface area contributed by atoms with Gasteiger partial charge in [-0.2, -0.15) is 0 Å². The lowest BCUT2D eigenvalue weighted by Gasteiger charge is -2.17. The Bertz CT molecular complexity index is 1210. The Morgan fingerprint density at radius 2 is 1.18 bits per heavy atom. The Kier molecular flexibility index (Phi) is 5.87. The molecular weight excluding hydrogens is 620 g/mol. The lowest BCUT2D eigenvalue weighted by molar-refractivity contribution is 0.565. The molecule has 0 aliphatic carbocycles. The summed E-state index contributed by atoms with van der Waals surface area (Å²) in [4.78, 5) is 0.706. The van der Waals surface area contributed by atoms with E-state index in [9.17, 15) is 13.0 Å². The Hall–Kier alpha value is -0.920. The van der Waals surface area contributed by atoms with Crippen LogP contribution in [0.15, 0.2) is 70.5 Å². The van der Waals surface area contributed by atoms with E-state index >= 15 is 0 Å². The molecule has 0 saturated heterocycles. The summed E-state index contributed by atoms with van der Waals surface area (Å²) in [5, 5.41) is 9.35. The van der Waals surface area contributed by atoms with Gasteiger partial charge >= 0.3 is 0 Å². The van der Waals surface area contributed by atoms with Gasteiger partial charge in [0.15, 0.2) is 11.1 Å². The van der Waals surface area contributed by atoms with Gasteiger partial charge in [-0.25, -0.2) is 13.6 Å². The van der Waals surface area contributed by atoms with Gasteiger partial charge in [0.25, 0.3) is 0 Å². The normalized spacial score (nSPS) is 13.7. The smallest absolute Gasteiger partial charge is 0.187 e. The van der Waals surface area contributed by atoms with Crippen LogP contribution < -0.4 is 5.14 Å². The summed E-state index contributed by atoms with van der Waals surface area (Å²) in [5.41, 5.74) is 1.23. The third kappa shape index (κ3) is 3.65. The number of nitrogens with two attached hydrogens (primary N) is 1. The SMILES string of the molecule is NS(=O)c1ccc2cc(I)ccc2c1-c1c(S(=O)O)ccc2cc(I)ccc12. The van der Waals surface area contributed by atoms with Crippen molar-refractivity contribution >= 4 is 88.8 Å². The fourth-order valence-corrected chi connectivity index (χ4v) is 5.61. The number of fused-ring (bicyclic) bond motifs is 2. The van der Waals surface area contributed by atoms with Gasteiger partial charge < -0.3 is 4.55 Å². The van der Waals surface area contributed by atoms with Crippen LogP contribution in [0.1, 0.15) is 0 Å². The third-order valence-corrected chi connectivity index (χ3v) is 7.37. The molecule has 0 fully saturated rings. The standard InChI is InChI=1S/C20H13I2NO3S2/c21-13-3-5-15-11(9-13)1-7-17(27(23)24)19(15)20-16-6-4-14(22)10-12(16)2-8-18(20)28(25)26/h1-10H,23H2,(H,25,26). The Morgan fingerprint density at radius 1 is 0.714 bits per heavy atom. The van der Waals surface area contributed by atoms with E-state index in [1.165, 1.54) is 0 Å². The summed E-state index contributed by atoms with van der Waals surface area (Å²) < 4.78 is 36.7. The molecule has 0 heterocycles. The largest absolute Gasteiger partial charge is 0.302 e. The highest BCUT2D eigenvalue weighted by atomic mass is 127. The Balaban J connectivity index is 2.25. The quantitative estimate of drug-likeness (QED) is 0.234. The van der Waals surface area contributed by atoms with Crippen molar-refractivity contribution in [3.05, 3.63) is 67.8 Å². The van der Waals surface area contributed by atoms with Gasteiger partial charge in [-0.15, -0.1) is 0 Å². The lowest BCUT2D eigenvalue weighted by Crippen LogP contribution is -2.06.